The average Bonchev–Trinajstić information content (AvgIpc) is 2.83. The highest BCUT2D eigenvalue weighted by Crippen LogP contribution is 2.65. The Morgan fingerprint density at radius 2 is 1.82 bits per heavy atom. The summed E-state index contributed by atoms with van der Waals surface area (Å²) in [6, 6.07) is 0. The molecule has 4 aliphatic rings. The van der Waals surface area contributed by atoms with Crippen LogP contribution in [0.5, 0.6) is 0 Å². The number of allylic oxidation sites excluding steroid dienone is 2. The fourth-order valence-electron chi connectivity index (χ4n) is 6.24. The van der Waals surface area contributed by atoms with E-state index in [0.717, 1.165) is 30.5 Å². The quantitative estimate of drug-likeness (QED) is 0.602. The number of hydrogen-bond acceptors (Lipinski definition) is 3. The van der Waals surface area contributed by atoms with Crippen LogP contribution in [0.25, 0.3) is 0 Å². The smallest absolute Gasteiger partial charge is 0.172 e. The summed E-state index contributed by atoms with van der Waals surface area (Å²) >= 11 is 0. The molecule has 4 atom stereocenters. The van der Waals surface area contributed by atoms with Gasteiger partial charge in [-0.15, -0.1) is 0 Å². The van der Waals surface area contributed by atoms with Crippen molar-refractivity contribution in [3.63, 3.8) is 0 Å². The van der Waals surface area contributed by atoms with Gasteiger partial charge in [-0.2, -0.15) is 0 Å². The monoisotopic (exact) mass is 303 g/mol. The molecule has 122 valence electrons. The number of fused-ring (bicyclic) bond motifs is 5. The van der Waals surface area contributed by atoms with Gasteiger partial charge < -0.3 is 15.9 Å². The molecule has 0 bridgehead atoms. The fourth-order valence-corrected chi connectivity index (χ4v) is 6.24. The Morgan fingerprint density at radius 3 is 2.59 bits per heavy atom. The van der Waals surface area contributed by atoms with Crippen molar-refractivity contribution in [3.05, 3.63) is 22.9 Å². The summed E-state index contributed by atoms with van der Waals surface area (Å²) in [5.74, 6) is -0.849. The predicted octanol–water partition coefficient (Wildman–Crippen LogP) is 3.23. The first-order valence-electron chi connectivity index (χ1n) is 8.95. The molecule has 0 unspecified atom stereocenters. The van der Waals surface area contributed by atoms with Gasteiger partial charge in [-0.05, 0) is 67.4 Å². The van der Waals surface area contributed by atoms with Crippen LogP contribution in [0.4, 0.5) is 0 Å². The topological polar surface area (TPSA) is 66.5 Å². The zero-order valence-corrected chi connectivity index (χ0v) is 13.9. The van der Waals surface area contributed by atoms with Crippen molar-refractivity contribution in [2.45, 2.75) is 71.0 Å². The minimum absolute atomic E-state index is 0.207. The molecule has 0 aromatic carbocycles. The minimum Gasteiger partial charge on any atom is -0.399 e. The van der Waals surface area contributed by atoms with Crippen LogP contribution in [-0.4, -0.2) is 16.0 Å². The Balaban J connectivity index is 1.87. The Hall–Kier alpha value is -0.800. The number of hydrogen-bond donors (Lipinski definition) is 3. The molecule has 0 aliphatic heterocycles. The highest BCUT2D eigenvalue weighted by atomic mass is 16.5. The van der Waals surface area contributed by atoms with Crippen LogP contribution in [0.15, 0.2) is 22.9 Å². The second kappa shape index (κ2) is 4.39. The van der Waals surface area contributed by atoms with Crippen molar-refractivity contribution in [3.8, 4) is 0 Å². The molecule has 0 heterocycles. The lowest BCUT2D eigenvalue weighted by molar-refractivity contribution is -0.254. The fraction of sp³-hybridized carbons (Fsp3) is 0.789. The molecule has 3 saturated carbocycles. The maximum Gasteiger partial charge on any atom is 0.172 e. The summed E-state index contributed by atoms with van der Waals surface area (Å²) in [6.07, 6.45) is 10.4. The summed E-state index contributed by atoms with van der Waals surface area (Å²) < 4.78 is 0. The first-order chi connectivity index (χ1) is 10.3. The van der Waals surface area contributed by atoms with Gasteiger partial charge in [0.25, 0.3) is 0 Å². The molecule has 4 aliphatic carbocycles. The molecule has 0 saturated heterocycles. The summed E-state index contributed by atoms with van der Waals surface area (Å²) in [5.41, 5.74) is 9.78. The molecule has 4 rings (SSSR count). The molecular formula is C19H29NO2. The lowest BCUT2D eigenvalue weighted by atomic mass is 9.49. The van der Waals surface area contributed by atoms with Gasteiger partial charge in [-0.1, -0.05) is 25.8 Å². The van der Waals surface area contributed by atoms with E-state index in [1.54, 1.807) is 0 Å². The van der Waals surface area contributed by atoms with E-state index in [1.165, 1.54) is 31.3 Å². The molecule has 0 aromatic rings. The van der Waals surface area contributed by atoms with Crippen molar-refractivity contribution >= 4 is 0 Å². The molecule has 0 amide bonds. The van der Waals surface area contributed by atoms with Crippen LogP contribution in [0.3, 0.4) is 0 Å². The zero-order chi connectivity index (χ0) is 15.8. The van der Waals surface area contributed by atoms with Crippen molar-refractivity contribution in [2.75, 3.05) is 0 Å². The van der Waals surface area contributed by atoms with E-state index in [-0.39, 0.29) is 5.92 Å². The van der Waals surface area contributed by atoms with Crippen molar-refractivity contribution < 1.29 is 10.2 Å². The van der Waals surface area contributed by atoms with E-state index in [1.807, 2.05) is 0 Å². The van der Waals surface area contributed by atoms with Crippen LogP contribution >= 0.6 is 0 Å². The van der Waals surface area contributed by atoms with E-state index < -0.39 is 11.2 Å². The average molecular weight is 303 g/mol. The normalized spacial score (nSPS) is 46.6. The second-order valence-corrected chi connectivity index (χ2v) is 8.64. The maximum absolute atomic E-state index is 10.8. The summed E-state index contributed by atoms with van der Waals surface area (Å²) in [6.45, 7) is 4.49. The molecule has 0 aromatic heterocycles. The first-order valence-corrected chi connectivity index (χ1v) is 8.95. The Kier molecular flexibility index (Phi) is 2.95. The number of nitrogens with two attached hydrogens (primary N) is 1. The molecule has 3 heteroatoms. The summed E-state index contributed by atoms with van der Waals surface area (Å²) in [5, 5.41) is 21.6. The number of aliphatic hydroxyl groups is 2. The van der Waals surface area contributed by atoms with Crippen LogP contribution in [0.1, 0.15) is 65.2 Å². The molecule has 0 spiro atoms. The maximum atomic E-state index is 10.8. The van der Waals surface area contributed by atoms with Crippen LogP contribution in [-0.2, 0) is 0 Å². The lowest BCUT2D eigenvalue weighted by Crippen LogP contribution is -2.58. The van der Waals surface area contributed by atoms with E-state index >= 15 is 0 Å². The van der Waals surface area contributed by atoms with Gasteiger partial charge in [0.2, 0.25) is 0 Å². The second-order valence-electron chi connectivity index (χ2n) is 8.64. The third kappa shape index (κ3) is 1.64. The Morgan fingerprint density at radius 1 is 1.05 bits per heavy atom. The van der Waals surface area contributed by atoms with Crippen molar-refractivity contribution in [2.24, 2.45) is 28.4 Å². The summed E-state index contributed by atoms with van der Waals surface area (Å²) in [7, 11) is 0. The SMILES string of the molecule is C[C@@]12CCC[C@H]1C1=C(N)C=C3CCCC(O)(O)[C@]3(C)[C@H]1CC2. The van der Waals surface area contributed by atoms with Gasteiger partial charge in [0.15, 0.2) is 5.79 Å². The van der Waals surface area contributed by atoms with E-state index in [4.69, 9.17) is 5.73 Å². The molecule has 4 N–H and O–H groups in total. The number of rotatable bonds is 0. The van der Waals surface area contributed by atoms with E-state index in [2.05, 4.69) is 19.9 Å². The van der Waals surface area contributed by atoms with Gasteiger partial charge >= 0.3 is 0 Å². The molecule has 0 radical (unpaired) electrons. The van der Waals surface area contributed by atoms with Gasteiger partial charge in [0.05, 0.1) is 0 Å². The van der Waals surface area contributed by atoms with Crippen LogP contribution in [0, 0.1) is 22.7 Å². The molecular weight excluding hydrogens is 274 g/mol. The van der Waals surface area contributed by atoms with Crippen molar-refractivity contribution in [1.29, 1.82) is 0 Å². The molecule has 3 fully saturated rings. The Labute approximate surface area is 133 Å². The van der Waals surface area contributed by atoms with E-state index in [0.29, 0.717) is 17.8 Å². The predicted molar refractivity (Wildman–Crippen MR) is 86.6 cm³/mol. The van der Waals surface area contributed by atoms with Crippen LogP contribution < -0.4 is 5.73 Å². The molecule has 22 heavy (non-hydrogen) atoms. The van der Waals surface area contributed by atoms with Crippen molar-refractivity contribution in [1.82, 2.24) is 0 Å². The third-order valence-corrected chi connectivity index (χ3v) is 7.67. The summed E-state index contributed by atoms with van der Waals surface area (Å²) in [4.78, 5) is 0. The van der Waals surface area contributed by atoms with Gasteiger partial charge in [-0.3, -0.25) is 0 Å². The molecule has 3 nitrogen and oxygen atoms in total. The van der Waals surface area contributed by atoms with Gasteiger partial charge in [0, 0.05) is 17.5 Å². The van der Waals surface area contributed by atoms with Crippen LogP contribution in [0.2, 0.25) is 0 Å². The first kappa shape index (κ1) is 14.8. The minimum atomic E-state index is -1.60. The zero-order valence-electron chi connectivity index (χ0n) is 13.9. The highest BCUT2D eigenvalue weighted by Gasteiger charge is 2.61. The standard InChI is InChI=1S/C19H29NO2/c1-17-8-4-6-13(17)16-14(7-10-17)18(2)12(11-15(16)20)5-3-9-19(18,21)22/h11,13-14,21-22H,3-10,20H2,1-2H3/t13-,14-,17-,18-/m0/s1. The largest absolute Gasteiger partial charge is 0.399 e. The lowest BCUT2D eigenvalue weighted by Gasteiger charge is -2.58. The van der Waals surface area contributed by atoms with Gasteiger partial charge in [0.1, 0.15) is 0 Å². The Bertz CT molecular complexity index is 576. The van der Waals surface area contributed by atoms with Gasteiger partial charge in [-0.25, -0.2) is 0 Å². The van der Waals surface area contributed by atoms with E-state index in [9.17, 15) is 10.2 Å². The highest BCUT2D eigenvalue weighted by molar-refractivity contribution is 5.44. The third-order valence-electron chi connectivity index (χ3n) is 7.67.